The molecule has 0 fully saturated rings. The van der Waals surface area contributed by atoms with Gasteiger partial charge in [-0.15, -0.1) is 0 Å². The fraction of sp³-hybridized carbons (Fsp3) is 0.167. The first-order valence-corrected chi connectivity index (χ1v) is 3.91. The minimum atomic E-state index is 0.446. The van der Waals surface area contributed by atoms with Crippen molar-refractivity contribution in [3.05, 3.63) is 22.6 Å². The second kappa shape index (κ2) is 3.16. The minimum absolute atomic E-state index is 0.446. The van der Waals surface area contributed by atoms with E-state index in [2.05, 4.69) is 28.1 Å². The van der Waals surface area contributed by atoms with Crippen molar-refractivity contribution in [3.8, 4) is 0 Å². The number of furan rings is 1. The van der Waals surface area contributed by atoms with Gasteiger partial charge >= 0.3 is 0 Å². The molecule has 0 bridgehead atoms. The predicted octanol–water partition coefficient (Wildman–Crippen LogP) is 1.87. The summed E-state index contributed by atoms with van der Waals surface area (Å²) >= 11 is 7.86. The summed E-state index contributed by atoms with van der Waals surface area (Å²) in [5, 5.41) is 0. The van der Waals surface area contributed by atoms with Crippen LogP contribution in [0.25, 0.3) is 0 Å². The van der Waals surface area contributed by atoms with Crippen LogP contribution in [0, 0.1) is 0 Å². The summed E-state index contributed by atoms with van der Waals surface area (Å²) in [5.74, 6) is 0.791. The van der Waals surface area contributed by atoms with E-state index in [9.17, 15) is 0 Å². The summed E-state index contributed by atoms with van der Waals surface area (Å²) in [5.41, 5.74) is 5.29. The quantitative estimate of drug-likeness (QED) is 0.773. The average molecular weight is 220 g/mol. The van der Waals surface area contributed by atoms with Gasteiger partial charge in [-0.3, -0.25) is 0 Å². The highest BCUT2D eigenvalue weighted by molar-refractivity contribution is 9.10. The zero-order valence-corrected chi connectivity index (χ0v) is 7.54. The van der Waals surface area contributed by atoms with Crippen LogP contribution in [0.2, 0.25) is 0 Å². The average Bonchev–Trinajstić information content (AvgIpc) is 2.13. The van der Waals surface area contributed by atoms with Crippen LogP contribution in [0.3, 0.4) is 0 Å². The van der Waals surface area contributed by atoms with Gasteiger partial charge in [0.25, 0.3) is 0 Å². The van der Waals surface area contributed by atoms with Gasteiger partial charge in [0.15, 0.2) is 4.67 Å². The summed E-state index contributed by atoms with van der Waals surface area (Å²) in [6.07, 6.45) is 0.529. The molecule has 0 aliphatic heterocycles. The fourth-order valence-electron chi connectivity index (χ4n) is 0.618. The van der Waals surface area contributed by atoms with Crippen molar-refractivity contribution in [1.82, 2.24) is 0 Å². The highest BCUT2D eigenvalue weighted by Gasteiger charge is 1.99. The smallest absolute Gasteiger partial charge is 0.169 e. The molecule has 0 spiro atoms. The summed E-state index contributed by atoms with van der Waals surface area (Å²) in [7, 11) is 0. The van der Waals surface area contributed by atoms with E-state index in [0.717, 1.165) is 5.76 Å². The van der Waals surface area contributed by atoms with E-state index in [4.69, 9.17) is 10.2 Å². The first-order valence-electron chi connectivity index (χ1n) is 2.71. The van der Waals surface area contributed by atoms with E-state index in [0.29, 0.717) is 16.1 Å². The lowest BCUT2D eigenvalue weighted by Crippen LogP contribution is -2.10. The number of thiocarbonyl (C=S) groups is 1. The maximum atomic E-state index is 5.29. The monoisotopic (exact) mass is 219 g/mol. The van der Waals surface area contributed by atoms with Gasteiger partial charge in [0, 0.05) is 0 Å². The Morgan fingerprint density at radius 2 is 2.40 bits per heavy atom. The van der Waals surface area contributed by atoms with Crippen LogP contribution < -0.4 is 5.73 Å². The predicted molar refractivity (Wildman–Crippen MR) is 46.9 cm³/mol. The third kappa shape index (κ3) is 2.11. The van der Waals surface area contributed by atoms with E-state index in [1.165, 1.54) is 0 Å². The molecule has 1 rings (SSSR count). The number of hydrogen-bond donors (Lipinski definition) is 1. The Labute approximate surface area is 72.5 Å². The molecule has 1 aromatic rings. The molecule has 0 amide bonds. The van der Waals surface area contributed by atoms with Crippen LogP contribution in [0.4, 0.5) is 0 Å². The van der Waals surface area contributed by atoms with Crippen molar-refractivity contribution in [3.63, 3.8) is 0 Å². The molecule has 0 unspecified atom stereocenters. The SMILES string of the molecule is NC(=S)Cc1ccc(Br)o1. The molecule has 0 aliphatic rings. The summed E-state index contributed by atoms with van der Waals surface area (Å²) in [6, 6.07) is 3.65. The van der Waals surface area contributed by atoms with Gasteiger partial charge in [0.2, 0.25) is 0 Å². The van der Waals surface area contributed by atoms with Crippen LogP contribution >= 0.6 is 28.1 Å². The Bertz CT molecular complexity index is 246. The molecule has 0 radical (unpaired) electrons. The van der Waals surface area contributed by atoms with E-state index >= 15 is 0 Å². The Morgan fingerprint density at radius 1 is 1.70 bits per heavy atom. The molecule has 2 nitrogen and oxygen atoms in total. The van der Waals surface area contributed by atoms with E-state index in [1.807, 2.05) is 12.1 Å². The van der Waals surface area contributed by atoms with Crippen LogP contribution in [0.1, 0.15) is 5.76 Å². The molecule has 54 valence electrons. The van der Waals surface area contributed by atoms with Gasteiger partial charge < -0.3 is 10.2 Å². The second-order valence-electron chi connectivity index (χ2n) is 1.85. The van der Waals surface area contributed by atoms with Gasteiger partial charge in [-0.05, 0) is 28.1 Å². The molecular formula is C6H6BrNOS. The van der Waals surface area contributed by atoms with E-state index in [-0.39, 0.29) is 0 Å². The standard InChI is InChI=1S/C6H6BrNOS/c7-5-2-1-4(9-5)3-6(8)10/h1-2H,3H2,(H2,8,10). The van der Waals surface area contributed by atoms with Crippen molar-refractivity contribution < 1.29 is 4.42 Å². The first kappa shape index (κ1) is 7.75. The van der Waals surface area contributed by atoms with Crippen LogP contribution in [0.5, 0.6) is 0 Å². The summed E-state index contributed by atoms with van der Waals surface area (Å²) in [4.78, 5) is 0.446. The molecule has 1 heterocycles. The van der Waals surface area contributed by atoms with Gasteiger partial charge in [-0.1, -0.05) is 12.2 Å². The Hall–Kier alpha value is -0.350. The van der Waals surface area contributed by atoms with E-state index in [1.54, 1.807) is 0 Å². The van der Waals surface area contributed by atoms with Gasteiger partial charge in [0.1, 0.15) is 5.76 Å². The van der Waals surface area contributed by atoms with Gasteiger partial charge in [0.05, 0.1) is 11.4 Å². The van der Waals surface area contributed by atoms with Crippen molar-refractivity contribution in [2.75, 3.05) is 0 Å². The number of rotatable bonds is 2. The maximum Gasteiger partial charge on any atom is 0.169 e. The number of halogens is 1. The molecule has 0 aliphatic carbocycles. The van der Waals surface area contributed by atoms with Crippen molar-refractivity contribution in [1.29, 1.82) is 0 Å². The zero-order valence-electron chi connectivity index (χ0n) is 5.13. The Kier molecular flexibility index (Phi) is 2.45. The van der Waals surface area contributed by atoms with E-state index < -0.39 is 0 Å². The largest absolute Gasteiger partial charge is 0.454 e. The molecule has 0 saturated heterocycles. The molecule has 4 heteroatoms. The third-order valence-electron chi connectivity index (χ3n) is 0.977. The summed E-state index contributed by atoms with van der Waals surface area (Å²) in [6.45, 7) is 0. The number of nitrogens with two attached hydrogens (primary N) is 1. The molecule has 0 saturated carbocycles. The topological polar surface area (TPSA) is 39.2 Å². The van der Waals surface area contributed by atoms with Crippen molar-refractivity contribution >= 4 is 33.1 Å². The molecule has 10 heavy (non-hydrogen) atoms. The molecular weight excluding hydrogens is 214 g/mol. The maximum absolute atomic E-state index is 5.29. The highest BCUT2D eigenvalue weighted by Crippen LogP contribution is 2.14. The number of hydrogen-bond acceptors (Lipinski definition) is 2. The zero-order chi connectivity index (χ0) is 7.56. The third-order valence-corrected chi connectivity index (χ3v) is 1.55. The van der Waals surface area contributed by atoms with Crippen LogP contribution in [0.15, 0.2) is 21.2 Å². The highest BCUT2D eigenvalue weighted by atomic mass is 79.9. The van der Waals surface area contributed by atoms with Gasteiger partial charge in [-0.25, -0.2) is 0 Å². The Morgan fingerprint density at radius 3 is 2.80 bits per heavy atom. The molecule has 1 aromatic heterocycles. The lowest BCUT2D eigenvalue weighted by Gasteiger charge is -1.90. The summed E-state index contributed by atoms with van der Waals surface area (Å²) < 4.78 is 5.85. The van der Waals surface area contributed by atoms with Crippen LogP contribution in [-0.2, 0) is 6.42 Å². The van der Waals surface area contributed by atoms with Crippen molar-refractivity contribution in [2.24, 2.45) is 5.73 Å². The molecule has 0 aromatic carbocycles. The van der Waals surface area contributed by atoms with Crippen LogP contribution in [-0.4, -0.2) is 4.99 Å². The minimum Gasteiger partial charge on any atom is -0.454 e. The first-order chi connectivity index (χ1) is 4.68. The van der Waals surface area contributed by atoms with Gasteiger partial charge in [-0.2, -0.15) is 0 Å². The normalized spacial score (nSPS) is 9.70. The second-order valence-corrected chi connectivity index (χ2v) is 3.15. The Balaban J connectivity index is 2.67. The van der Waals surface area contributed by atoms with Crippen molar-refractivity contribution in [2.45, 2.75) is 6.42 Å². The lowest BCUT2D eigenvalue weighted by molar-refractivity contribution is 0.503. The fourth-order valence-corrected chi connectivity index (χ4v) is 1.10. The molecule has 2 N–H and O–H groups in total. The lowest BCUT2D eigenvalue weighted by atomic mass is 10.3. The molecule has 0 atom stereocenters.